The zero-order chi connectivity index (χ0) is 14.2. The number of H-pyrrole nitrogens is 1. The Morgan fingerprint density at radius 2 is 2.10 bits per heavy atom. The van der Waals surface area contributed by atoms with E-state index in [4.69, 9.17) is 4.74 Å². The van der Waals surface area contributed by atoms with E-state index in [-0.39, 0.29) is 11.6 Å². The fourth-order valence-electron chi connectivity index (χ4n) is 2.19. The number of fused-ring (bicyclic) bond motifs is 1. The van der Waals surface area contributed by atoms with Gasteiger partial charge in [-0.05, 0) is 18.4 Å². The van der Waals surface area contributed by atoms with Gasteiger partial charge in [0, 0.05) is 0 Å². The minimum atomic E-state index is -0.190. The fourth-order valence-corrected chi connectivity index (χ4v) is 2.19. The van der Waals surface area contributed by atoms with E-state index in [2.05, 4.69) is 20.5 Å². The molecule has 0 spiro atoms. The van der Waals surface area contributed by atoms with Gasteiger partial charge in [-0.2, -0.15) is 0 Å². The average Bonchev–Trinajstić information content (AvgIpc) is 3.27. The summed E-state index contributed by atoms with van der Waals surface area (Å²) in [6, 6.07) is 9.93. The smallest absolute Gasteiger partial charge is 0.296 e. The Kier molecular flexibility index (Phi) is 2.70. The Labute approximate surface area is 119 Å². The van der Waals surface area contributed by atoms with E-state index in [0.717, 1.165) is 18.4 Å². The largest absolute Gasteiger partial charge is 0.470 e. The fraction of sp³-hybridized carbons (Fsp3) is 0.286. The number of aromatic nitrogens is 5. The van der Waals surface area contributed by atoms with Crippen molar-refractivity contribution in [3.8, 4) is 5.88 Å². The summed E-state index contributed by atoms with van der Waals surface area (Å²) in [6.45, 7) is 0.369. The van der Waals surface area contributed by atoms with Crippen LogP contribution in [0.2, 0.25) is 0 Å². The molecule has 1 aliphatic rings. The second kappa shape index (κ2) is 4.69. The third-order valence-electron chi connectivity index (χ3n) is 3.48. The van der Waals surface area contributed by atoms with E-state index in [1.807, 2.05) is 30.3 Å². The lowest BCUT2D eigenvalue weighted by molar-refractivity contribution is 0.296. The second-order valence-electron chi connectivity index (χ2n) is 5.10. The summed E-state index contributed by atoms with van der Waals surface area (Å²) in [5, 5.41) is 14.8. The van der Waals surface area contributed by atoms with Crippen LogP contribution in [0.3, 0.4) is 0 Å². The van der Waals surface area contributed by atoms with Crippen LogP contribution >= 0.6 is 0 Å². The molecule has 0 amide bonds. The van der Waals surface area contributed by atoms with Crippen molar-refractivity contribution in [2.75, 3.05) is 0 Å². The molecule has 106 valence electrons. The Balaban J connectivity index is 1.64. The molecule has 0 radical (unpaired) electrons. The van der Waals surface area contributed by atoms with Crippen LogP contribution in [-0.4, -0.2) is 25.2 Å². The van der Waals surface area contributed by atoms with Crippen molar-refractivity contribution in [2.24, 2.45) is 0 Å². The lowest BCUT2D eigenvalue weighted by atomic mass is 10.2. The number of nitrogens with zero attached hydrogens (tertiary/aromatic N) is 4. The maximum Gasteiger partial charge on any atom is 0.296 e. The third kappa shape index (κ3) is 2.16. The van der Waals surface area contributed by atoms with Gasteiger partial charge in [0.05, 0.1) is 6.04 Å². The summed E-state index contributed by atoms with van der Waals surface area (Å²) in [5.41, 5.74) is 1.56. The molecule has 1 N–H and O–H groups in total. The lowest BCUT2D eigenvalue weighted by Crippen LogP contribution is -2.23. The average molecular weight is 283 g/mol. The predicted octanol–water partition coefficient (Wildman–Crippen LogP) is 1.43. The van der Waals surface area contributed by atoms with Crippen molar-refractivity contribution in [1.29, 1.82) is 0 Å². The van der Waals surface area contributed by atoms with E-state index in [0.29, 0.717) is 23.5 Å². The van der Waals surface area contributed by atoms with Crippen molar-refractivity contribution < 1.29 is 4.74 Å². The molecule has 1 aliphatic carbocycles. The van der Waals surface area contributed by atoms with Crippen molar-refractivity contribution in [1.82, 2.24) is 25.2 Å². The number of hydrogen-bond donors (Lipinski definition) is 1. The molecule has 2 aromatic heterocycles. The summed E-state index contributed by atoms with van der Waals surface area (Å²) in [5.74, 6) is 0.307. The summed E-state index contributed by atoms with van der Waals surface area (Å²) in [4.78, 5) is 12.2. The van der Waals surface area contributed by atoms with Crippen LogP contribution in [0.4, 0.5) is 0 Å². The highest BCUT2D eigenvalue weighted by Gasteiger charge is 2.28. The van der Waals surface area contributed by atoms with Gasteiger partial charge in [-0.15, -0.1) is 10.2 Å². The molecule has 0 aliphatic heterocycles. The third-order valence-corrected chi connectivity index (χ3v) is 3.48. The molecule has 0 unspecified atom stereocenters. The van der Waals surface area contributed by atoms with Crippen LogP contribution in [0.5, 0.6) is 5.88 Å². The molecule has 7 nitrogen and oxygen atoms in total. The Bertz CT molecular complexity index is 835. The van der Waals surface area contributed by atoms with E-state index in [9.17, 15) is 4.79 Å². The number of nitrogens with one attached hydrogen (secondary N) is 1. The summed E-state index contributed by atoms with van der Waals surface area (Å²) in [6.07, 6.45) is 1.96. The molecule has 2 heterocycles. The SMILES string of the molecule is O=c1c2[nH]nc(OCc3ccccc3)c2nnn1C1CC1. The quantitative estimate of drug-likeness (QED) is 0.782. The van der Waals surface area contributed by atoms with Gasteiger partial charge in [0.15, 0.2) is 11.0 Å². The zero-order valence-electron chi connectivity index (χ0n) is 11.2. The molecule has 0 bridgehead atoms. The minimum Gasteiger partial charge on any atom is -0.470 e. The maximum absolute atomic E-state index is 12.2. The van der Waals surface area contributed by atoms with E-state index in [1.165, 1.54) is 4.68 Å². The first kappa shape index (κ1) is 12.1. The normalized spacial score (nSPS) is 14.5. The van der Waals surface area contributed by atoms with Crippen molar-refractivity contribution in [3.63, 3.8) is 0 Å². The molecule has 1 fully saturated rings. The summed E-state index contributed by atoms with van der Waals surface area (Å²) >= 11 is 0. The molecule has 21 heavy (non-hydrogen) atoms. The summed E-state index contributed by atoms with van der Waals surface area (Å²) in [7, 11) is 0. The predicted molar refractivity (Wildman–Crippen MR) is 75.0 cm³/mol. The molecule has 3 aromatic rings. The van der Waals surface area contributed by atoms with Gasteiger partial charge in [0.1, 0.15) is 6.61 Å². The van der Waals surface area contributed by atoms with Crippen molar-refractivity contribution in [3.05, 3.63) is 46.2 Å². The van der Waals surface area contributed by atoms with Gasteiger partial charge in [-0.25, -0.2) is 4.68 Å². The van der Waals surface area contributed by atoms with Crippen molar-refractivity contribution in [2.45, 2.75) is 25.5 Å². The Hall–Kier alpha value is -2.70. The van der Waals surface area contributed by atoms with Crippen LogP contribution in [-0.2, 0) is 6.61 Å². The van der Waals surface area contributed by atoms with Crippen LogP contribution < -0.4 is 10.3 Å². The van der Waals surface area contributed by atoms with Crippen LogP contribution in [0.1, 0.15) is 24.4 Å². The number of aromatic amines is 1. The number of hydrogen-bond acceptors (Lipinski definition) is 5. The molecular weight excluding hydrogens is 270 g/mol. The highest BCUT2D eigenvalue weighted by Crippen LogP contribution is 2.32. The van der Waals surface area contributed by atoms with Crippen LogP contribution in [0.25, 0.3) is 11.0 Å². The first-order valence-corrected chi connectivity index (χ1v) is 6.83. The zero-order valence-corrected chi connectivity index (χ0v) is 11.2. The van der Waals surface area contributed by atoms with Gasteiger partial charge >= 0.3 is 0 Å². The molecule has 1 saturated carbocycles. The Morgan fingerprint density at radius 1 is 1.29 bits per heavy atom. The highest BCUT2D eigenvalue weighted by atomic mass is 16.5. The molecule has 0 saturated heterocycles. The first-order valence-electron chi connectivity index (χ1n) is 6.83. The van der Waals surface area contributed by atoms with Crippen LogP contribution in [0, 0.1) is 0 Å². The van der Waals surface area contributed by atoms with E-state index >= 15 is 0 Å². The lowest BCUT2D eigenvalue weighted by Gasteiger charge is -2.03. The molecule has 0 atom stereocenters. The monoisotopic (exact) mass is 283 g/mol. The number of rotatable bonds is 4. The topological polar surface area (TPSA) is 85.7 Å². The van der Waals surface area contributed by atoms with E-state index in [1.54, 1.807) is 0 Å². The second-order valence-corrected chi connectivity index (χ2v) is 5.10. The molecule has 4 rings (SSSR count). The molecule has 7 heteroatoms. The minimum absolute atomic E-state index is 0.186. The maximum atomic E-state index is 12.2. The summed E-state index contributed by atoms with van der Waals surface area (Å²) < 4.78 is 7.04. The van der Waals surface area contributed by atoms with Gasteiger partial charge in [-0.3, -0.25) is 9.89 Å². The molecular formula is C14H13N5O2. The molecule has 1 aromatic carbocycles. The van der Waals surface area contributed by atoms with Crippen molar-refractivity contribution >= 4 is 11.0 Å². The van der Waals surface area contributed by atoms with Crippen LogP contribution in [0.15, 0.2) is 35.1 Å². The first-order chi connectivity index (χ1) is 10.3. The van der Waals surface area contributed by atoms with Gasteiger partial charge in [0.25, 0.3) is 11.4 Å². The Morgan fingerprint density at radius 3 is 2.86 bits per heavy atom. The number of ether oxygens (including phenoxy) is 1. The highest BCUT2D eigenvalue weighted by molar-refractivity contribution is 5.77. The van der Waals surface area contributed by atoms with Gasteiger partial charge in [-0.1, -0.05) is 35.5 Å². The van der Waals surface area contributed by atoms with E-state index < -0.39 is 0 Å². The van der Waals surface area contributed by atoms with Gasteiger partial charge < -0.3 is 4.74 Å². The van der Waals surface area contributed by atoms with Gasteiger partial charge in [0.2, 0.25) is 0 Å². The number of benzene rings is 1. The standard InChI is InChI=1S/C14H13N5O2/c20-14-12-11(16-18-19(14)10-6-7-10)13(17-15-12)21-8-9-4-2-1-3-5-9/h1-5,10H,6-8H2,(H,15,17).